The molecule has 5 heteroatoms. The first kappa shape index (κ1) is 19.2. The second-order valence-electron chi connectivity index (χ2n) is 5.80. The van der Waals surface area contributed by atoms with Gasteiger partial charge < -0.3 is 14.8 Å². The van der Waals surface area contributed by atoms with Gasteiger partial charge in [-0.2, -0.15) is 0 Å². The third-order valence-corrected chi connectivity index (χ3v) is 2.79. The fraction of sp³-hybridized carbons (Fsp3) is 0.625. The molecular weight excluding hydrogens is 270 g/mol. The maximum atomic E-state index is 12.2. The summed E-state index contributed by atoms with van der Waals surface area (Å²) in [6.45, 7) is 10.8. The molecule has 0 aliphatic heterocycles. The van der Waals surface area contributed by atoms with Gasteiger partial charge in [-0.15, -0.1) is 6.58 Å². The molecule has 0 aromatic heterocycles. The van der Waals surface area contributed by atoms with Crippen molar-refractivity contribution in [3.63, 3.8) is 0 Å². The first-order valence-electron chi connectivity index (χ1n) is 7.02. The molecule has 21 heavy (non-hydrogen) atoms. The van der Waals surface area contributed by atoms with E-state index in [4.69, 9.17) is 9.47 Å². The minimum absolute atomic E-state index is 0.337. The van der Waals surface area contributed by atoms with Gasteiger partial charge >= 0.3 is 12.1 Å². The van der Waals surface area contributed by atoms with E-state index in [1.54, 1.807) is 26.8 Å². The summed E-state index contributed by atoms with van der Waals surface area (Å²) in [5.41, 5.74) is -1.78. The van der Waals surface area contributed by atoms with Gasteiger partial charge in [0.05, 0.1) is 7.11 Å². The second kappa shape index (κ2) is 8.49. The number of nitrogens with one attached hydrogen (secondary N) is 1. The number of rotatable bonds is 7. The number of esters is 1. The van der Waals surface area contributed by atoms with Crippen molar-refractivity contribution >= 4 is 12.1 Å². The maximum Gasteiger partial charge on any atom is 0.408 e. The van der Waals surface area contributed by atoms with E-state index in [0.29, 0.717) is 19.3 Å². The number of alkyl carbamates (subject to hydrolysis) is 1. The average molecular weight is 297 g/mol. The monoisotopic (exact) mass is 297 g/mol. The SMILES string of the molecule is C=CCC[C@@](C/C=C/C)(NC(=O)OC(C)(C)C)C(=O)OC. The van der Waals surface area contributed by atoms with E-state index in [9.17, 15) is 9.59 Å². The minimum atomic E-state index is -1.14. The van der Waals surface area contributed by atoms with Crippen LogP contribution < -0.4 is 5.32 Å². The number of carbonyl (C=O) groups is 2. The van der Waals surface area contributed by atoms with Crippen molar-refractivity contribution < 1.29 is 19.1 Å². The molecule has 0 bridgehead atoms. The molecule has 0 aliphatic rings. The summed E-state index contributed by atoms with van der Waals surface area (Å²) in [5.74, 6) is -0.492. The van der Waals surface area contributed by atoms with Crippen molar-refractivity contribution in [2.75, 3.05) is 7.11 Å². The topological polar surface area (TPSA) is 64.6 Å². The highest BCUT2D eigenvalue weighted by atomic mass is 16.6. The summed E-state index contributed by atoms with van der Waals surface area (Å²) < 4.78 is 10.1. The molecule has 0 aromatic rings. The molecule has 5 nitrogen and oxygen atoms in total. The predicted molar refractivity (Wildman–Crippen MR) is 83.0 cm³/mol. The summed E-state index contributed by atoms with van der Waals surface area (Å²) in [6.07, 6.45) is 6.00. The molecule has 0 aromatic carbocycles. The number of ether oxygens (including phenoxy) is 2. The summed E-state index contributed by atoms with van der Waals surface area (Å²) in [7, 11) is 1.30. The second-order valence-corrected chi connectivity index (χ2v) is 5.80. The zero-order valence-corrected chi connectivity index (χ0v) is 13.7. The number of amides is 1. The Morgan fingerprint density at radius 1 is 1.29 bits per heavy atom. The van der Waals surface area contributed by atoms with Crippen LogP contribution in [0, 0.1) is 0 Å². The predicted octanol–water partition coefficient (Wildman–Crippen LogP) is 3.36. The van der Waals surface area contributed by atoms with E-state index in [1.807, 2.05) is 19.1 Å². The maximum absolute atomic E-state index is 12.2. The normalized spacial score (nSPS) is 14.3. The first-order valence-corrected chi connectivity index (χ1v) is 7.02. The molecule has 0 saturated carbocycles. The van der Waals surface area contributed by atoms with Crippen molar-refractivity contribution in [2.45, 2.75) is 58.1 Å². The van der Waals surface area contributed by atoms with Crippen LogP contribution in [0.3, 0.4) is 0 Å². The van der Waals surface area contributed by atoms with Crippen LogP contribution in [0.2, 0.25) is 0 Å². The number of carbonyl (C=O) groups excluding carboxylic acids is 2. The van der Waals surface area contributed by atoms with Crippen molar-refractivity contribution in [1.29, 1.82) is 0 Å². The molecule has 0 heterocycles. The molecule has 0 aliphatic carbocycles. The standard InChI is InChI=1S/C16H27NO4/c1-7-9-11-16(12-10-8-2,13(18)20-6)17-14(19)21-15(3,4)5/h7-8,10H,1,9,11-12H2,2-6H3,(H,17,19)/b10-8+/t16-/m0/s1. The van der Waals surface area contributed by atoms with E-state index in [-0.39, 0.29) is 0 Å². The van der Waals surface area contributed by atoms with Crippen LogP contribution in [0.4, 0.5) is 4.79 Å². The molecule has 1 atom stereocenters. The van der Waals surface area contributed by atoms with Gasteiger partial charge in [-0.1, -0.05) is 18.2 Å². The van der Waals surface area contributed by atoms with Crippen LogP contribution in [0.1, 0.15) is 47.0 Å². The Bertz CT molecular complexity index is 396. The van der Waals surface area contributed by atoms with Gasteiger partial charge in [-0.3, -0.25) is 0 Å². The Kier molecular flexibility index (Phi) is 7.77. The fourth-order valence-corrected chi connectivity index (χ4v) is 1.81. The van der Waals surface area contributed by atoms with Crippen molar-refractivity contribution in [3.8, 4) is 0 Å². The van der Waals surface area contributed by atoms with Crippen LogP contribution in [0.5, 0.6) is 0 Å². The Morgan fingerprint density at radius 3 is 2.33 bits per heavy atom. The smallest absolute Gasteiger partial charge is 0.408 e. The summed E-state index contributed by atoms with van der Waals surface area (Å²) in [5, 5.41) is 2.67. The number of methoxy groups -OCH3 is 1. The molecule has 0 unspecified atom stereocenters. The van der Waals surface area contributed by atoms with Gasteiger partial charge in [-0.05, 0) is 47.0 Å². The van der Waals surface area contributed by atoms with Gasteiger partial charge in [0.1, 0.15) is 11.1 Å². The third kappa shape index (κ3) is 6.97. The van der Waals surface area contributed by atoms with E-state index in [2.05, 4.69) is 11.9 Å². The van der Waals surface area contributed by atoms with E-state index >= 15 is 0 Å². The molecule has 1 N–H and O–H groups in total. The Hall–Kier alpha value is -1.78. The third-order valence-electron chi connectivity index (χ3n) is 2.79. The van der Waals surface area contributed by atoms with Gasteiger partial charge in [0.2, 0.25) is 0 Å². The van der Waals surface area contributed by atoms with Crippen molar-refractivity contribution in [2.24, 2.45) is 0 Å². The Morgan fingerprint density at radius 2 is 1.90 bits per heavy atom. The van der Waals surface area contributed by atoms with Gasteiger partial charge in [0, 0.05) is 0 Å². The van der Waals surface area contributed by atoms with Crippen molar-refractivity contribution in [1.82, 2.24) is 5.32 Å². The number of hydrogen-bond acceptors (Lipinski definition) is 4. The van der Waals surface area contributed by atoms with Crippen LogP contribution in [0.15, 0.2) is 24.8 Å². The largest absolute Gasteiger partial charge is 0.467 e. The van der Waals surface area contributed by atoms with Gasteiger partial charge in [-0.25, -0.2) is 9.59 Å². The molecule has 0 spiro atoms. The highest BCUT2D eigenvalue weighted by Crippen LogP contribution is 2.22. The molecule has 0 saturated heterocycles. The summed E-state index contributed by atoms with van der Waals surface area (Å²) in [4.78, 5) is 24.2. The molecule has 0 fully saturated rings. The van der Waals surface area contributed by atoms with Crippen LogP contribution in [-0.4, -0.2) is 30.3 Å². The molecule has 120 valence electrons. The number of hydrogen-bond donors (Lipinski definition) is 1. The van der Waals surface area contributed by atoms with Gasteiger partial charge in [0.15, 0.2) is 0 Å². The highest BCUT2D eigenvalue weighted by Gasteiger charge is 2.40. The zero-order valence-electron chi connectivity index (χ0n) is 13.7. The summed E-state index contributed by atoms with van der Waals surface area (Å²) in [6, 6.07) is 0. The van der Waals surface area contributed by atoms with E-state index in [0.717, 1.165) is 0 Å². The summed E-state index contributed by atoms with van der Waals surface area (Å²) >= 11 is 0. The van der Waals surface area contributed by atoms with Gasteiger partial charge in [0.25, 0.3) is 0 Å². The Labute approximate surface area is 127 Å². The lowest BCUT2D eigenvalue weighted by molar-refractivity contribution is -0.148. The Balaban J connectivity index is 5.27. The lowest BCUT2D eigenvalue weighted by atomic mass is 9.89. The van der Waals surface area contributed by atoms with Crippen LogP contribution >= 0.6 is 0 Å². The lowest BCUT2D eigenvalue weighted by Gasteiger charge is -2.32. The number of allylic oxidation sites excluding steroid dienone is 2. The zero-order chi connectivity index (χ0) is 16.5. The molecule has 0 rings (SSSR count). The average Bonchev–Trinajstić information content (AvgIpc) is 2.38. The quantitative estimate of drug-likeness (QED) is 0.578. The first-order chi connectivity index (χ1) is 9.70. The lowest BCUT2D eigenvalue weighted by Crippen LogP contribution is -2.55. The molecule has 0 radical (unpaired) electrons. The van der Waals surface area contributed by atoms with Crippen LogP contribution in [0.25, 0.3) is 0 Å². The van der Waals surface area contributed by atoms with E-state index in [1.165, 1.54) is 7.11 Å². The van der Waals surface area contributed by atoms with E-state index < -0.39 is 23.2 Å². The minimum Gasteiger partial charge on any atom is -0.467 e. The molecule has 1 amide bonds. The highest BCUT2D eigenvalue weighted by molar-refractivity contribution is 5.86. The van der Waals surface area contributed by atoms with Crippen LogP contribution in [-0.2, 0) is 14.3 Å². The van der Waals surface area contributed by atoms with Crippen molar-refractivity contribution in [3.05, 3.63) is 24.8 Å². The fourth-order valence-electron chi connectivity index (χ4n) is 1.81. The molecular formula is C16H27NO4.